The van der Waals surface area contributed by atoms with Gasteiger partial charge in [0.25, 0.3) is 0 Å². The van der Waals surface area contributed by atoms with Gasteiger partial charge >= 0.3 is 0 Å². The predicted molar refractivity (Wildman–Crippen MR) is 73.2 cm³/mol. The lowest BCUT2D eigenvalue weighted by Gasteiger charge is -2.19. The maximum atomic E-state index is 5.61. The molecule has 0 spiro atoms. The van der Waals surface area contributed by atoms with Gasteiger partial charge in [-0.15, -0.1) is 0 Å². The lowest BCUT2D eigenvalue weighted by Crippen LogP contribution is -2.36. The van der Waals surface area contributed by atoms with E-state index in [2.05, 4.69) is 26.2 Å². The van der Waals surface area contributed by atoms with Crippen molar-refractivity contribution in [2.75, 3.05) is 0 Å². The van der Waals surface area contributed by atoms with Gasteiger partial charge in [0, 0.05) is 6.04 Å². The third-order valence-corrected chi connectivity index (χ3v) is 3.36. The van der Waals surface area contributed by atoms with Crippen LogP contribution in [0.15, 0.2) is 0 Å². The van der Waals surface area contributed by atoms with Crippen LogP contribution in [0.5, 0.6) is 0 Å². The number of hydrazine groups is 1. The Morgan fingerprint density at radius 3 is 2.19 bits per heavy atom. The van der Waals surface area contributed by atoms with Gasteiger partial charge in [-0.3, -0.25) is 11.3 Å². The molecule has 0 bridgehead atoms. The van der Waals surface area contributed by atoms with E-state index in [0.29, 0.717) is 6.04 Å². The molecule has 0 aliphatic rings. The van der Waals surface area contributed by atoms with Crippen molar-refractivity contribution >= 4 is 0 Å². The minimum Gasteiger partial charge on any atom is -0.271 e. The molecule has 0 heterocycles. The van der Waals surface area contributed by atoms with Crippen molar-refractivity contribution < 1.29 is 0 Å². The first kappa shape index (κ1) is 15.9. The van der Waals surface area contributed by atoms with Crippen LogP contribution in [0.3, 0.4) is 0 Å². The molecular weight excluding hydrogens is 196 g/mol. The summed E-state index contributed by atoms with van der Waals surface area (Å²) in [5, 5.41) is 0. The van der Waals surface area contributed by atoms with Crippen LogP contribution < -0.4 is 11.3 Å². The number of rotatable bonds is 11. The summed E-state index contributed by atoms with van der Waals surface area (Å²) in [4.78, 5) is 0. The SMILES string of the molecule is CCCCCCCC(CC(C)CCC)NN. The summed E-state index contributed by atoms with van der Waals surface area (Å²) in [6.07, 6.45) is 11.9. The Morgan fingerprint density at radius 1 is 0.938 bits per heavy atom. The second-order valence-electron chi connectivity index (χ2n) is 5.20. The van der Waals surface area contributed by atoms with Gasteiger partial charge in [-0.05, 0) is 18.8 Å². The molecule has 16 heavy (non-hydrogen) atoms. The second-order valence-corrected chi connectivity index (χ2v) is 5.20. The van der Waals surface area contributed by atoms with E-state index >= 15 is 0 Å². The molecule has 0 aromatic carbocycles. The summed E-state index contributed by atoms with van der Waals surface area (Å²) >= 11 is 0. The van der Waals surface area contributed by atoms with Gasteiger partial charge in [0.2, 0.25) is 0 Å². The van der Waals surface area contributed by atoms with E-state index < -0.39 is 0 Å². The van der Waals surface area contributed by atoms with Gasteiger partial charge in [-0.2, -0.15) is 0 Å². The topological polar surface area (TPSA) is 38.0 Å². The molecule has 2 unspecified atom stereocenters. The molecule has 0 saturated heterocycles. The third-order valence-electron chi connectivity index (χ3n) is 3.36. The van der Waals surface area contributed by atoms with Gasteiger partial charge in [0.05, 0.1) is 0 Å². The van der Waals surface area contributed by atoms with Gasteiger partial charge < -0.3 is 0 Å². The maximum Gasteiger partial charge on any atom is 0.0213 e. The molecule has 0 radical (unpaired) electrons. The Labute approximate surface area is 102 Å². The number of nitrogens with two attached hydrogens (primary N) is 1. The van der Waals surface area contributed by atoms with Crippen molar-refractivity contribution in [1.29, 1.82) is 0 Å². The zero-order valence-electron chi connectivity index (χ0n) is 11.6. The Kier molecular flexibility index (Phi) is 11.3. The van der Waals surface area contributed by atoms with Crippen molar-refractivity contribution in [3.8, 4) is 0 Å². The van der Waals surface area contributed by atoms with E-state index in [0.717, 1.165) is 5.92 Å². The molecule has 0 amide bonds. The minimum absolute atomic E-state index is 0.531. The first-order chi connectivity index (χ1) is 7.74. The van der Waals surface area contributed by atoms with E-state index in [1.807, 2.05) is 0 Å². The zero-order chi connectivity index (χ0) is 12.2. The maximum absolute atomic E-state index is 5.61. The van der Waals surface area contributed by atoms with Crippen LogP contribution in [0.25, 0.3) is 0 Å². The molecule has 0 rings (SSSR count). The molecule has 3 N–H and O–H groups in total. The van der Waals surface area contributed by atoms with Gasteiger partial charge in [0.15, 0.2) is 0 Å². The van der Waals surface area contributed by atoms with Gasteiger partial charge in [0.1, 0.15) is 0 Å². The van der Waals surface area contributed by atoms with E-state index in [9.17, 15) is 0 Å². The standard InChI is InChI=1S/C14H32N2/c1-4-6-7-8-9-11-14(16-15)12-13(3)10-5-2/h13-14,16H,4-12,15H2,1-3H3. The molecule has 98 valence electrons. The summed E-state index contributed by atoms with van der Waals surface area (Å²) in [5.74, 6) is 6.42. The summed E-state index contributed by atoms with van der Waals surface area (Å²) in [5.41, 5.74) is 2.98. The van der Waals surface area contributed by atoms with Crippen molar-refractivity contribution in [2.24, 2.45) is 11.8 Å². The molecule has 2 heteroatoms. The predicted octanol–water partition coefficient (Wildman–Crippen LogP) is 4.01. The third kappa shape index (κ3) is 9.17. The summed E-state index contributed by atoms with van der Waals surface area (Å²) in [6, 6.07) is 0.531. The average Bonchev–Trinajstić information content (AvgIpc) is 2.27. The number of nitrogens with one attached hydrogen (secondary N) is 1. The van der Waals surface area contributed by atoms with Crippen molar-refractivity contribution in [1.82, 2.24) is 5.43 Å². The minimum atomic E-state index is 0.531. The Bertz CT molecular complexity index is 137. The Morgan fingerprint density at radius 2 is 1.62 bits per heavy atom. The van der Waals surface area contributed by atoms with Gasteiger partial charge in [-0.25, -0.2) is 0 Å². The lowest BCUT2D eigenvalue weighted by molar-refractivity contribution is 0.361. The molecule has 0 fully saturated rings. The number of hydrogen-bond acceptors (Lipinski definition) is 2. The van der Waals surface area contributed by atoms with Crippen molar-refractivity contribution in [3.05, 3.63) is 0 Å². The van der Waals surface area contributed by atoms with Gasteiger partial charge in [-0.1, -0.05) is 65.7 Å². The Hall–Kier alpha value is -0.0800. The first-order valence-electron chi connectivity index (χ1n) is 7.20. The highest BCUT2D eigenvalue weighted by Crippen LogP contribution is 2.16. The fourth-order valence-electron chi connectivity index (χ4n) is 2.36. The Balaban J connectivity index is 3.50. The first-order valence-corrected chi connectivity index (χ1v) is 7.20. The van der Waals surface area contributed by atoms with Crippen LogP contribution in [0.4, 0.5) is 0 Å². The molecule has 0 aromatic heterocycles. The number of unbranched alkanes of at least 4 members (excludes halogenated alkanes) is 4. The molecule has 0 aliphatic heterocycles. The lowest BCUT2D eigenvalue weighted by atomic mass is 9.94. The van der Waals surface area contributed by atoms with Crippen LogP contribution in [-0.4, -0.2) is 6.04 Å². The smallest absolute Gasteiger partial charge is 0.0213 e. The van der Waals surface area contributed by atoms with Crippen LogP contribution >= 0.6 is 0 Å². The molecule has 0 saturated carbocycles. The molecule has 2 nitrogen and oxygen atoms in total. The second kappa shape index (κ2) is 11.4. The van der Waals surface area contributed by atoms with Crippen LogP contribution in [0.1, 0.15) is 78.6 Å². The highest BCUT2D eigenvalue weighted by atomic mass is 15.2. The summed E-state index contributed by atoms with van der Waals surface area (Å²) < 4.78 is 0. The number of hydrogen-bond donors (Lipinski definition) is 2. The van der Waals surface area contributed by atoms with Crippen LogP contribution in [0.2, 0.25) is 0 Å². The fraction of sp³-hybridized carbons (Fsp3) is 1.00. The molecular formula is C14H32N2. The quantitative estimate of drug-likeness (QED) is 0.318. The zero-order valence-corrected chi connectivity index (χ0v) is 11.6. The highest BCUT2D eigenvalue weighted by molar-refractivity contribution is 4.67. The fourth-order valence-corrected chi connectivity index (χ4v) is 2.36. The van der Waals surface area contributed by atoms with Crippen molar-refractivity contribution in [3.63, 3.8) is 0 Å². The average molecular weight is 228 g/mol. The van der Waals surface area contributed by atoms with Crippen LogP contribution in [0, 0.1) is 5.92 Å². The van der Waals surface area contributed by atoms with E-state index in [4.69, 9.17) is 5.84 Å². The summed E-state index contributed by atoms with van der Waals surface area (Å²) in [7, 11) is 0. The summed E-state index contributed by atoms with van der Waals surface area (Å²) in [6.45, 7) is 6.85. The van der Waals surface area contributed by atoms with E-state index in [-0.39, 0.29) is 0 Å². The highest BCUT2D eigenvalue weighted by Gasteiger charge is 2.10. The monoisotopic (exact) mass is 228 g/mol. The van der Waals surface area contributed by atoms with E-state index in [1.165, 1.54) is 57.8 Å². The van der Waals surface area contributed by atoms with E-state index in [1.54, 1.807) is 0 Å². The molecule has 0 aliphatic carbocycles. The largest absolute Gasteiger partial charge is 0.271 e. The van der Waals surface area contributed by atoms with Crippen LogP contribution in [-0.2, 0) is 0 Å². The molecule has 2 atom stereocenters. The molecule has 0 aromatic rings. The van der Waals surface area contributed by atoms with Crippen molar-refractivity contribution in [2.45, 2.75) is 84.6 Å². The normalized spacial score (nSPS) is 15.0.